The molecule has 0 saturated heterocycles. The number of aromatic amines is 1. The van der Waals surface area contributed by atoms with Crippen LogP contribution in [0.5, 0.6) is 0 Å². The molecule has 5 nitrogen and oxygen atoms in total. The molecule has 0 radical (unpaired) electrons. The number of carbonyl (C=O) groups is 1. The normalized spacial score (nSPS) is 12.1. The number of aromatic nitrogens is 3. The number of benzene rings is 1. The quantitative estimate of drug-likeness (QED) is 0.856. The average Bonchev–Trinajstić information content (AvgIpc) is 2.82. The fraction of sp³-hybridized carbons (Fsp3) is 0.400. The molecule has 1 aromatic heterocycles. The SMILES string of the molecule is Cc1nc(CNC(=O)C[C@@H](C)Cc2cccc(F)c2)n[nH]1. The number of nitrogens with zero attached hydrogens (tertiary/aromatic N) is 2. The van der Waals surface area contributed by atoms with Gasteiger partial charge >= 0.3 is 0 Å². The van der Waals surface area contributed by atoms with Crippen LogP contribution >= 0.6 is 0 Å². The molecule has 2 N–H and O–H groups in total. The van der Waals surface area contributed by atoms with Crippen LogP contribution in [0, 0.1) is 18.7 Å². The standard InChI is InChI=1S/C15H19FN4O/c1-10(6-12-4-3-5-13(16)8-12)7-15(21)17-9-14-18-11(2)19-20-14/h3-5,8,10H,6-7,9H2,1-2H3,(H,17,21)(H,18,19,20)/t10-/m0/s1. The first-order valence-corrected chi connectivity index (χ1v) is 6.92. The lowest BCUT2D eigenvalue weighted by Gasteiger charge is -2.11. The Bertz CT molecular complexity index is 611. The van der Waals surface area contributed by atoms with E-state index in [9.17, 15) is 9.18 Å². The number of carbonyl (C=O) groups excluding carboxylic acids is 1. The summed E-state index contributed by atoms with van der Waals surface area (Å²) in [6, 6.07) is 6.47. The third kappa shape index (κ3) is 4.98. The fourth-order valence-electron chi connectivity index (χ4n) is 2.17. The number of rotatable bonds is 6. The number of aryl methyl sites for hydroxylation is 1. The minimum Gasteiger partial charge on any atom is -0.349 e. The zero-order valence-electron chi connectivity index (χ0n) is 12.2. The van der Waals surface area contributed by atoms with Gasteiger partial charge in [-0.05, 0) is 37.0 Å². The fourth-order valence-corrected chi connectivity index (χ4v) is 2.17. The Morgan fingerprint density at radius 2 is 2.29 bits per heavy atom. The molecule has 0 aliphatic carbocycles. The number of nitrogens with one attached hydrogen (secondary N) is 2. The lowest BCUT2D eigenvalue weighted by atomic mass is 9.98. The van der Waals surface area contributed by atoms with Crippen LogP contribution in [-0.2, 0) is 17.8 Å². The van der Waals surface area contributed by atoms with Gasteiger partial charge in [0.15, 0.2) is 5.82 Å². The van der Waals surface area contributed by atoms with E-state index >= 15 is 0 Å². The summed E-state index contributed by atoms with van der Waals surface area (Å²) in [6.07, 6.45) is 1.06. The van der Waals surface area contributed by atoms with Gasteiger partial charge in [0, 0.05) is 6.42 Å². The Balaban J connectivity index is 1.76. The molecule has 0 saturated carbocycles. The monoisotopic (exact) mass is 290 g/mol. The first kappa shape index (κ1) is 15.2. The van der Waals surface area contributed by atoms with Crippen molar-refractivity contribution in [3.63, 3.8) is 0 Å². The summed E-state index contributed by atoms with van der Waals surface area (Å²) in [6.45, 7) is 4.09. The summed E-state index contributed by atoms with van der Waals surface area (Å²) < 4.78 is 13.1. The second kappa shape index (κ2) is 6.97. The summed E-state index contributed by atoms with van der Waals surface area (Å²) in [7, 11) is 0. The van der Waals surface area contributed by atoms with Gasteiger partial charge < -0.3 is 5.32 Å². The van der Waals surface area contributed by atoms with Crippen LogP contribution in [0.1, 0.15) is 30.6 Å². The number of hydrogen-bond donors (Lipinski definition) is 2. The molecule has 0 aliphatic rings. The molecule has 6 heteroatoms. The summed E-state index contributed by atoms with van der Waals surface area (Å²) in [5.74, 6) is 1.13. The molecule has 1 heterocycles. The van der Waals surface area contributed by atoms with Crippen LogP contribution < -0.4 is 5.32 Å². The zero-order chi connectivity index (χ0) is 15.2. The van der Waals surface area contributed by atoms with Gasteiger partial charge in [-0.2, -0.15) is 5.10 Å². The first-order chi connectivity index (χ1) is 10.0. The predicted molar refractivity (Wildman–Crippen MR) is 76.9 cm³/mol. The van der Waals surface area contributed by atoms with Crippen molar-refractivity contribution in [2.45, 2.75) is 33.2 Å². The molecular formula is C15H19FN4O. The van der Waals surface area contributed by atoms with Gasteiger partial charge in [0.1, 0.15) is 11.6 Å². The van der Waals surface area contributed by atoms with E-state index in [1.807, 2.05) is 13.0 Å². The van der Waals surface area contributed by atoms with E-state index in [0.717, 1.165) is 11.4 Å². The molecular weight excluding hydrogens is 271 g/mol. The van der Waals surface area contributed by atoms with Crippen molar-refractivity contribution < 1.29 is 9.18 Å². The zero-order valence-corrected chi connectivity index (χ0v) is 12.2. The van der Waals surface area contributed by atoms with Crippen LogP contribution in [0.4, 0.5) is 4.39 Å². The van der Waals surface area contributed by atoms with Gasteiger partial charge in [0.25, 0.3) is 0 Å². The molecule has 112 valence electrons. The number of amides is 1. The van der Waals surface area contributed by atoms with E-state index in [4.69, 9.17) is 0 Å². The van der Waals surface area contributed by atoms with Crippen LogP contribution in [0.2, 0.25) is 0 Å². The highest BCUT2D eigenvalue weighted by Crippen LogP contribution is 2.13. The highest BCUT2D eigenvalue weighted by molar-refractivity contribution is 5.76. The maximum atomic E-state index is 13.1. The van der Waals surface area contributed by atoms with Crippen molar-refractivity contribution in [2.24, 2.45) is 5.92 Å². The Hall–Kier alpha value is -2.24. The summed E-state index contributed by atoms with van der Waals surface area (Å²) in [5.41, 5.74) is 0.903. The van der Waals surface area contributed by atoms with Crippen LogP contribution in [0.25, 0.3) is 0 Å². The largest absolute Gasteiger partial charge is 0.349 e. The summed E-state index contributed by atoms with van der Waals surface area (Å²) >= 11 is 0. The van der Waals surface area contributed by atoms with Gasteiger partial charge in [-0.25, -0.2) is 9.37 Å². The van der Waals surface area contributed by atoms with E-state index < -0.39 is 0 Å². The molecule has 2 aromatic rings. The van der Waals surface area contributed by atoms with Crippen molar-refractivity contribution in [1.82, 2.24) is 20.5 Å². The molecule has 0 spiro atoms. The Kier molecular flexibility index (Phi) is 5.03. The van der Waals surface area contributed by atoms with Crippen molar-refractivity contribution in [3.05, 3.63) is 47.3 Å². The topological polar surface area (TPSA) is 70.7 Å². The first-order valence-electron chi connectivity index (χ1n) is 6.92. The molecule has 0 bridgehead atoms. The van der Waals surface area contributed by atoms with Gasteiger partial charge in [-0.3, -0.25) is 9.89 Å². The van der Waals surface area contributed by atoms with E-state index in [-0.39, 0.29) is 17.6 Å². The average molecular weight is 290 g/mol. The summed E-state index contributed by atoms with van der Waals surface area (Å²) in [5, 5.41) is 9.46. The molecule has 1 atom stereocenters. The van der Waals surface area contributed by atoms with Crippen LogP contribution in [0.15, 0.2) is 24.3 Å². The van der Waals surface area contributed by atoms with Gasteiger partial charge in [-0.1, -0.05) is 19.1 Å². The smallest absolute Gasteiger partial charge is 0.220 e. The minimum atomic E-state index is -0.246. The Morgan fingerprint density at radius 3 is 2.95 bits per heavy atom. The number of H-pyrrole nitrogens is 1. The van der Waals surface area contributed by atoms with Crippen LogP contribution in [0.3, 0.4) is 0 Å². The van der Waals surface area contributed by atoms with E-state index in [0.29, 0.717) is 25.2 Å². The second-order valence-corrected chi connectivity index (χ2v) is 5.26. The van der Waals surface area contributed by atoms with Gasteiger partial charge in [-0.15, -0.1) is 0 Å². The van der Waals surface area contributed by atoms with Crippen LogP contribution in [-0.4, -0.2) is 21.1 Å². The van der Waals surface area contributed by atoms with Crippen molar-refractivity contribution in [2.75, 3.05) is 0 Å². The van der Waals surface area contributed by atoms with Crippen molar-refractivity contribution >= 4 is 5.91 Å². The maximum absolute atomic E-state index is 13.1. The third-order valence-electron chi connectivity index (χ3n) is 3.09. The third-order valence-corrected chi connectivity index (χ3v) is 3.09. The maximum Gasteiger partial charge on any atom is 0.220 e. The lowest BCUT2D eigenvalue weighted by molar-refractivity contribution is -0.122. The molecule has 0 fully saturated rings. The molecule has 1 amide bonds. The summed E-state index contributed by atoms with van der Waals surface area (Å²) in [4.78, 5) is 16.0. The highest BCUT2D eigenvalue weighted by Gasteiger charge is 2.11. The van der Waals surface area contributed by atoms with Gasteiger partial charge in [0.05, 0.1) is 6.54 Å². The predicted octanol–water partition coefficient (Wildman–Crippen LogP) is 2.14. The van der Waals surface area contributed by atoms with E-state index in [1.165, 1.54) is 12.1 Å². The molecule has 2 rings (SSSR count). The van der Waals surface area contributed by atoms with E-state index in [1.54, 1.807) is 13.0 Å². The lowest BCUT2D eigenvalue weighted by Crippen LogP contribution is -2.25. The van der Waals surface area contributed by atoms with Crippen molar-refractivity contribution in [3.8, 4) is 0 Å². The number of hydrogen-bond acceptors (Lipinski definition) is 3. The molecule has 0 aliphatic heterocycles. The van der Waals surface area contributed by atoms with E-state index in [2.05, 4.69) is 20.5 Å². The molecule has 1 aromatic carbocycles. The van der Waals surface area contributed by atoms with Gasteiger partial charge in [0.2, 0.25) is 5.91 Å². The highest BCUT2D eigenvalue weighted by atomic mass is 19.1. The minimum absolute atomic E-state index is 0.0543. The number of halogens is 1. The Morgan fingerprint density at radius 1 is 1.48 bits per heavy atom. The Labute approximate surface area is 123 Å². The van der Waals surface area contributed by atoms with Crippen molar-refractivity contribution in [1.29, 1.82) is 0 Å². The molecule has 0 unspecified atom stereocenters. The second-order valence-electron chi connectivity index (χ2n) is 5.26. The molecule has 21 heavy (non-hydrogen) atoms.